The minimum Gasteiger partial charge on any atom is -0.467 e. The fourth-order valence-electron chi connectivity index (χ4n) is 1.16. The predicted molar refractivity (Wildman–Crippen MR) is 64.3 cm³/mol. The van der Waals surface area contributed by atoms with E-state index in [0.29, 0.717) is 6.54 Å². The Balaban J connectivity index is 2.65. The Morgan fingerprint density at radius 2 is 1.63 bits per heavy atom. The number of aromatic nitrogens is 3. The minimum atomic E-state index is -4.21. The zero-order valence-electron chi connectivity index (χ0n) is 10.7. The van der Waals surface area contributed by atoms with Crippen LogP contribution in [0.2, 0.25) is 0 Å². The smallest absolute Gasteiger partial charge is 0.390 e. The summed E-state index contributed by atoms with van der Waals surface area (Å²) in [5.41, 5.74) is 0. The number of nitrogens with zero attached hydrogens (tertiary/aromatic N) is 3. The number of nitrogens with one attached hydrogen (secondary N) is 2. The largest absolute Gasteiger partial charge is 0.467 e. The van der Waals surface area contributed by atoms with Crippen LogP contribution in [-0.4, -0.2) is 41.3 Å². The Kier molecular flexibility index (Phi) is 5.58. The summed E-state index contributed by atoms with van der Waals surface area (Å²) in [7, 11) is 1.37. The molecule has 0 saturated carbocycles. The highest BCUT2D eigenvalue weighted by Crippen LogP contribution is 2.19. The summed E-state index contributed by atoms with van der Waals surface area (Å²) < 4.78 is 40.9. The van der Waals surface area contributed by atoms with Gasteiger partial charge in [-0.2, -0.15) is 28.1 Å². The third-order valence-electron chi connectivity index (χ3n) is 2.02. The highest BCUT2D eigenvalue weighted by molar-refractivity contribution is 5.35. The molecule has 19 heavy (non-hydrogen) atoms. The van der Waals surface area contributed by atoms with Crippen LogP contribution in [0.25, 0.3) is 0 Å². The first-order valence-electron chi connectivity index (χ1n) is 5.79. The molecular weight excluding hydrogens is 263 g/mol. The Labute approximate surface area is 108 Å². The Morgan fingerprint density at radius 1 is 1.05 bits per heavy atom. The summed E-state index contributed by atoms with van der Waals surface area (Å²) in [5.74, 6) is 0.318. The number of methoxy groups -OCH3 is 1. The second kappa shape index (κ2) is 6.95. The lowest BCUT2D eigenvalue weighted by atomic mass is 10.4. The summed E-state index contributed by atoms with van der Waals surface area (Å²) in [6, 6.07) is 0.0445. The van der Waals surface area contributed by atoms with E-state index < -0.39 is 12.6 Å². The summed E-state index contributed by atoms with van der Waals surface area (Å²) in [5, 5.41) is 5.40. The van der Waals surface area contributed by atoms with Crippen LogP contribution >= 0.6 is 0 Å². The normalized spacial score (nSPS) is 11.2. The van der Waals surface area contributed by atoms with Gasteiger partial charge in [0.2, 0.25) is 11.9 Å². The molecule has 6 nitrogen and oxygen atoms in total. The Morgan fingerprint density at radius 3 is 2.11 bits per heavy atom. The average molecular weight is 279 g/mol. The van der Waals surface area contributed by atoms with Gasteiger partial charge in [-0.25, -0.2) is 0 Å². The topological polar surface area (TPSA) is 72.0 Å². The molecule has 0 fully saturated rings. The SMILES string of the molecule is CCCNc1nc(NCCC(F)(F)F)nc(OC)n1. The number of hydrogen-bond acceptors (Lipinski definition) is 6. The number of anilines is 2. The van der Waals surface area contributed by atoms with E-state index in [-0.39, 0.29) is 24.5 Å². The van der Waals surface area contributed by atoms with Gasteiger partial charge in [0.05, 0.1) is 13.5 Å². The van der Waals surface area contributed by atoms with Gasteiger partial charge in [0.25, 0.3) is 0 Å². The van der Waals surface area contributed by atoms with Crippen molar-refractivity contribution >= 4 is 11.9 Å². The van der Waals surface area contributed by atoms with Crippen LogP contribution in [0.1, 0.15) is 19.8 Å². The number of alkyl halides is 3. The zero-order valence-corrected chi connectivity index (χ0v) is 10.7. The average Bonchev–Trinajstić information content (AvgIpc) is 2.34. The quantitative estimate of drug-likeness (QED) is 0.796. The van der Waals surface area contributed by atoms with Crippen molar-refractivity contribution in [3.8, 4) is 6.01 Å². The van der Waals surface area contributed by atoms with Crippen molar-refractivity contribution < 1.29 is 17.9 Å². The van der Waals surface area contributed by atoms with Gasteiger partial charge in [0.1, 0.15) is 0 Å². The molecule has 108 valence electrons. The van der Waals surface area contributed by atoms with E-state index in [0.717, 1.165) is 6.42 Å². The van der Waals surface area contributed by atoms with Crippen LogP contribution in [-0.2, 0) is 0 Å². The Hall–Kier alpha value is -1.80. The third kappa shape index (κ3) is 6.07. The van der Waals surface area contributed by atoms with Crippen molar-refractivity contribution in [2.75, 3.05) is 30.8 Å². The fourth-order valence-corrected chi connectivity index (χ4v) is 1.16. The van der Waals surface area contributed by atoms with Gasteiger partial charge in [-0.05, 0) is 6.42 Å². The Bertz CT molecular complexity index is 399. The number of rotatable bonds is 7. The van der Waals surface area contributed by atoms with Crippen LogP contribution in [0.4, 0.5) is 25.1 Å². The molecule has 0 amide bonds. The summed E-state index contributed by atoms with van der Waals surface area (Å²) in [4.78, 5) is 11.7. The molecule has 0 aliphatic heterocycles. The molecular formula is C10H16F3N5O. The van der Waals surface area contributed by atoms with E-state index in [9.17, 15) is 13.2 Å². The molecule has 0 radical (unpaired) electrons. The molecule has 0 spiro atoms. The van der Waals surface area contributed by atoms with Crippen LogP contribution < -0.4 is 15.4 Å². The molecule has 0 aliphatic rings. The molecule has 1 aromatic heterocycles. The third-order valence-corrected chi connectivity index (χ3v) is 2.02. The first-order chi connectivity index (χ1) is 8.94. The molecule has 0 unspecified atom stereocenters. The van der Waals surface area contributed by atoms with Crippen molar-refractivity contribution in [2.45, 2.75) is 25.9 Å². The second-order valence-corrected chi connectivity index (χ2v) is 3.69. The monoisotopic (exact) mass is 279 g/mol. The summed E-state index contributed by atoms with van der Waals surface area (Å²) in [6.45, 7) is 2.31. The highest BCUT2D eigenvalue weighted by Gasteiger charge is 2.26. The number of ether oxygens (including phenoxy) is 1. The van der Waals surface area contributed by atoms with E-state index in [2.05, 4.69) is 25.6 Å². The lowest BCUT2D eigenvalue weighted by molar-refractivity contribution is -0.131. The molecule has 0 saturated heterocycles. The highest BCUT2D eigenvalue weighted by atomic mass is 19.4. The number of halogens is 3. The lowest BCUT2D eigenvalue weighted by Crippen LogP contribution is -2.17. The van der Waals surface area contributed by atoms with Gasteiger partial charge in [-0.1, -0.05) is 6.92 Å². The maximum absolute atomic E-state index is 12.0. The van der Waals surface area contributed by atoms with Crippen molar-refractivity contribution in [2.24, 2.45) is 0 Å². The molecule has 0 aliphatic carbocycles. The van der Waals surface area contributed by atoms with Gasteiger partial charge in [0.15, 0.2) is 0 Å². The zero-order chi connectivity index (χ0) is 14.3. The molecule has 9 heteroatoms. The van der Waals surface area contributed by atoms with Crippen molar-refractivity contribution in [3.05, 3.63) is 0 Å². The van der Waals surface area contributed by atoms with Crippen molar-refractivity contribution in [1.29, 1.82) is 0 Å². The number of hydrogen-bond donors (Lipinski definition) is 2. The van der Waals surface area contributed by atoms with Crippen molar-refractivity contribution in [3.63, 3.8) is 0 Å². The lowest BCUT2D eigenvalue weighted by Gasteiger charge is -2.10. The molecule has 0 aromatic carbocycles. The van der Waals surface area contributed by atoms with Crippen LogP contribution in [0, 0.1) is 0 Å². The van der Waals surface area contributed by atoms with Crippen molar-refractivity contribution in [1.82, 2.24) is 15.0 Å². The van der Waals surface area contributed by atoms with E-state index in [1.54, 1.807) is 0 Å². The van der Waals surface area contributed by atoms with Gasteiger partial charge >= 0.3 is 12.2 Å². The van der Waals surface area contributed by atoms with Gasteiger partial charge in [-0.15, -0.1) is 0 Å². The van der Waals surface area contributed by atoms with Crippen LogP contribution in [0.5, 0.6) is 6.01 Å². The summed E-state index contributed by atoms with van der Waals surface area (Å²) in [6.07, 6.45) is -4.31. The van der Waals surface area contributed by atoms with Gasteiger partial charge in [0, 0.05) is 13.1 Å². The molecule has 2 N–H and O–H groups in total. The maximum Gasteiger partial charge on any atom is 0.390 e. The van der Waals surface area contributed by atoms with E-state index in [1.807, 2.05) is 6.92 Å². The molecule has 1 rings (SSSR count). The van der Waals surface area contributed by atoms with E-state index in [1.165, 1.54) is 7.11 Å². The molecule has 1 aromatic rings. The maximum atomic E-state index is 12.0. The first kappa shape index (κ1) is 15.3. The summed E-state index contributed by atoms with van der Waals surface area (Å²) >= 11 is 0. The van der Waals surface area contributed by atoms with Crippen LogP contribution in [0.15, 0.2) is 0 Å². The fraction of sp³-hybridized carbons (Fsp3) is 0.700. The van der Waals surface area contributed by atoms with Crippen LogP contribution in [0.3, 0.4) is 0 Å². The minimum absolute atomic E-state index is 0.0445. The van der Waals surface area contributed by atoms with E-state index in [4.69, 9.17) is 4.74 Å². The molecule has 0 atom stereocenters. The molecule has 0 bridgehead atoms. The second-order valence-electron chi connectivity index (χ2n) is 3.69. The predicted octanol–water partition coefficient (Wildman–Crippen LogP) is 2.07. The van der Waals surface area contributed by atoms with Gasteiger partial charge in [-0.3, -0.25) is 0 Å². The van der Waals surface area contributed by atoms with Gasteiger partial charge < -0.3 is 15.4 Å². The standard InChI is InChI=1S/C10H16F3N5O/c1-3-5-14-7-16-8(18-9(17-7)19-2)15-6-4-10(11,12)13/h3-6H2,1-2H3,(H2,14,15,16,17,18). The molecule has 1 heterocycles. The van der Waals surface area contributed by atoms with E-state index >= 15 is 0 Å². The first-order valence-corrected chi connectivity index (χ1v) is 5.79.